The Morgan fingerprint density at radius 1 is 1.30 bits per heavy atom. The molecule has 1 aromatic rings. The van der Waals surface area contributed by atoms with Crippen LogP contribution in [0.15, 0.2) is 6.20 Å². The first-order valence-electron chi connectivity index (χ1n) is 10.3. The lowest BCUT2D eigenvalue weighted by Gasteiger charge is -2.44. The molecule has 1 amide bonds. The van der Waals surface area contributed by atoms with Crippen molar-refractivity contribution in [3.05, 3.63) is 17.7 Å². The summed E-state index contributed by atoms with van der Waals surface area (Å²) in [4.78, 5) is 21.1. The highest BCUT2D eigenvalue weighted by Gasteiger charge is 2.54. The number of carbonyl (C=O) groups is 1. The van der Waals surface area contributed by atoms with Crippen molar-refractivity contribution in [1.82, 2.24) is 19.4 Å². The lowest BCUT2D eigenvalue weighted by molar-refractivity contribution is -0.150. The summed E-state index contributed by atoms with van der Waals surface area (Å²) in [6, 6.07) is 0. The summed E-state index contributed by atoms with van der Waals surface area (Å²) in [6.07, 6.45) is 6.88. The molecule has 2 aliphatic carbocycles. The average Bonchev–Trinajstić information content (AvgIpc) is 3.58. The van der Waals surface area contributed by atoms with Gasteiger partial charge in [0, 0.05) is 51.8 Å². The number of nitrogens with zero attached hydrogens (tertiary/aromatic N) is 4. The highest BCUT2D eigenvalue weighted by Crippen LogP contribution is 2.44. The van der Waals surface area contributed by atoms with Gasteiger partial charge in [0.2, 0.25) is 0 Å². The molecule has 0 aromatic carbocycles. The second-order valence-corrected chi connectivity index (χ2v) is 8.97. The van der Waals surface area contributed by atoms with Crippen molar-refractivity contribution in [2.45, 2.75) is 62.9 Å². The van der Waals surface area contributed by atoms with Crippen LogP contribution in [0.5, 0.6) is 0 Å². The predicted octanol–water partition coefficient (Wildman–Crippen LogP) is 2.07. The van der Waals surface area contributed by atoms with Crippen LogP contribution in [0.2, 0.25) is 0 Å². The monoisotopic (exact) mass is 376 g/mol. The lowest BCUT2D eigenvalue weighted by Crippen LogP contribution is -2.51. The minimum Gasteiger partial charge on any atom is -0.365 e. The second-order valence-electron chi connectivity index (χ2n) is 8.97. The molecule has 27 heavy (non-hydrogen) atoms. The maximum atomic E-state index is 14.1. The fraction of sp³-hybridized carbons (Fsp3) is 0.800. The van der Waals surface area contributed by atoms with Gasteiger partial charge in [0.15, 0.2) is 5.67 Å². The number of likely N-dealkylation sites (tertiary alicyclic amines) is 1. The van der Waals surface area contributed by atoms with Crippen LogP contribution >= 0.6 is 0 Å². The van der Waals surface area contributed by atoms with Gasteiger partial charge >= 0.3 is 0 Å². The molecule has 0 radical (unpaired) electrons. The summed E-state index contributed by atoms with van der Waals surface area (Å²) in [5.74, 6) is 1.55. The van der Waals surface area contributed by atoms with Crippen LogP contribution in [0.3, 0.4) is 0 Å². The Balaban J connectivity index is 1.29. The third-order valence-electron chi connectivity index (χ3n) is 6.67. The fourth-order valence-corrected chi connectivity index (χ4v) is 4.68. The van der Waals surface area contributed by atoms with Gasteiger partial charge in [-0.3, -0.25) is 4.79 Å². The number of halogens is 1. The Labute approximate surface area is 159 Å². The van der Waals surface area contributed by atoms with E-state index in [0.29, 0.717) is 45.4 Å². The van der Waals surface area contributed by atoms with E-state index in [-0.39, 0.29) is 5.91 Å². The number of ether oxygens (including phenoxy) is 1. The Morgan fingerprint density at radius 3 is 2.70 bits per heavy atom. The highest BCUT2D eigenvalue weighted by molar-refractivity contribution is 5.88. The fourth-order valence-electron chi connectivity index (χ4n) is 4.68. The first-order valence-corrected chi connectivity index (χ1v) is 10.3. The quantitative estimate of drug-likeness (QED) is 0.790. The molecule has 1 aromatic heterocycles. The van der Waals surface area contributed by atoms with Crippen molar-refractivity contribution in [3.8, 4) is 0 Å². The molecule has 148 valence electrons. The number of imidazole rings is 1. The van der Waals surface area contributed by atoms with Gasteiger partial charge in [-0.2, -0.15) is 0 Å². The number of amides is 1. The van der Waals surface area contributed by atoms with Crippen LogP contribution in [0, 0.1) is 5.92 Å². The number of carbonyl (C=O) groups excluding carboxylic acids is 1. The summed E-state index contributed by atoms with van der Waals surface area (Å²) in [5.41, 5.74) is -0.750. The third-order valence-corrected chi connectivity index (χ3v) is 6.67. The van der Waals surface area contributed by atoms with E-state index < -0.39 is 11.3 Å². The number of alkyl halides is 1. The summed E-state index contributed by atoms with van der Waals surface area (Å²) in [6.45, 7) is 4.67. The molecule has 5 rings (SSSR count). The van der Waals surface area contributed by atoms with E-state index >= 15 is 0 Å². The molecule has 0 unspecified atom stereocenters. The van der Waals surface area contributed by atoms with Crippen molar-refractivity contribution in [3.63, 3.8) is 0 Å². The molecule has 0 N–H and O–H groups in total. The molecule has 1 saturated heterocycles. The molecular formula is C20H29FN4O2. The average molecular weight is 376 g/mol. The Hall–Kier alpha value is -1.47. The highest BCUT2D eigenvalue weighted by atomic mass is 19.1. The van der Waals surface area contributed by atoms with Crippen LogP contribution in [-0.4, -0.2) is 64.2 Å². The summed E-state index contributed by atoms with van der Waals surface area (Å²) < 4.78 is 22.7. The van der Waals surface area contributed by atoms with Crippen molar-refractivity contribution in [1.29, 1.82) is 0 Å². The van der Waals surface area contributed by atoms with Gasteiger partial charge in [-0.25, -0.2) is 9.37 Å². The molecular weight excluding hydrogens is 347 g/mol. The van der Waals surface area contributed by atoms with Crippen LogP contribution in [0.4, 0.5) is 4.39 Å². The van der Waals surface area contributed by atoms with Crippen LogP contribution in [0.25, 0.3) is 0 Å². The molecule has 1 spiro atoms. The zero-order valence-electron chi connectivity index (χ0n) is 16.1. The molecule has 6 nitrogen and oxygen atoms in total. The SMILES string of the molecule is CN(Cc1cnc2n1CCOC21CCN(C(=O)C2(F)CC2)CC1)CC1CC1. The van der Waals surface area contributed by atoms with Crippen molar-refractivity contribution < 1.29 is 13.9 Å². The zero-order chi connectivity index (χ0) is 18.6. The van der Waals surface area contributed by atoms with Gasteiger partial charge < -0.3 is 19.1 Å². The summed E-state index contributed by atoms with van der Waals surface area (Å²) in [7, 11) is 2.18. The van der Waals surface area contributed by atoms with Crippen LogP contribution in [0.1, 0.15) is 50.0 Å². The van der Waals surface area contributed by atoms with Crippen molar-refractivity contribution in [2.24, 2.45) is 5.92 Å². The second kappa shape index (κ2) is 6.27. The first-order chi connectivity index (χ1) is 13.0. The number of fused-ring (bicyclic) bond motifs is 2. The van der Waals surface area contributed by atoms with Gasteiger partial charge in [-0.15, -0.1) is 0 Å². The van der Waals surface area contributed by atoms with E-state index in [4.69, 9.17) is 9.72 Å². The van der Waals surface area contributed by atoms with E-state index in [1.165, 1.54) is 18.5 Å². The van der Waals surface area contributed by atoms with E-state index in [0.717, 1.165) is 31.4 Å². The van der Waals surface area contributed by atoms with Crippen molar-refractivity contribution >= 4 is 5.91 Å². The maximum Gasteiger partial charge on any atom is 0.260 e. The Morgan fingerprint density at radius 2 is 2.04 bits per heavy atom. The van der Waals surface area contributed by atoms with E-state index in [9.17, 15) is 9.18 Å². The lowest BCUT2D eigenvalue weighted by atomic mass is 9.89. The van der Waals surface area contributed by atoms with Crippen LogP contribution in [-0.2, 0) is 28.2 Å². The number of piperidine rings is 1. The molecule has 0 bridgehead atoms. The van der Waals surface area contributed by atoms with Gasteiger partial charge in [-0.05, 0) is 38.6 Å². The van der Waals surface area contributed by atoms with Gasteiger partial charge in [0.1, 0.15) is 11.4 Å². The summed E-state index contributed by atoms with van der Waals surface area (Å²) in [5, 5.41) is 0. The van der Waals surface area contributed by atoms with Gasteiger partial charge in [-0.1, -0.05) is 0 Å². The minimum absolute atomic E-state index is 0.320. The summed E-state index contributed by atoms with van der Waals surface area (Å²) >= 11 is 0. The zero-order valence-corrected chi connectivity index (χ0v) is 16.1. The standard InChI is InChI=1S/C20H29FN4O2/c1-23(13-15-2-3-15)14-16-12-22-17-20(27-11-10-25(16)17)6-8-24(9-7-20)18(26)19(21)4-5-19/h12,15H,2-11,13-14H2,1H3. The maximum absolute atomic E-state index is 14.1. The number of hydrogen-bond donors (Lipinski definition) is 0. The van der Waals surface area contributed by atoms with E-state index in [1.807, 2.05) is 6.20 Å². The molecule has 2 aliphatic heterocycles. The predicted molar refractivity (Wildman–Crippen MR) is 97.8 cm³/mol. The number of aromatic nitrogens is 2. The molecule has 4 aliphatic rings. The van der Waals surface area contributed by atoms with Crippen molar-refractivity contribution in [2.75, 3.05) is 33.3 Å². The van der Waals surface area contributed by atoms with Gasteiger partial charge in [0.25, 0.3) is 5.91 Å². The number of hydrogen-bond acceptors (Lipinski definition) is 4. The topological polar surface area (TPSA) is 50.6 Å². The molecule has 7 heteroatoms. The third kappa shape index (κ3) is 3.18. The smallest absolute Gasteiger partial charge is 0.260 e. The molecule has 0 atom stereocenters. The van der Waals surface area contributed by atoms with Crippen LogP contribution < -0.4 is 0 Å². The van der Waals surface area contributed by atoms with E-state index in [2.05, 4.69) is 16.5 Å². The first kappa shape index (κ1) is 17.6. The molecule has 3 heterocycles. The normalized spacial score (nSPS) is 25.7. The Bertz CT molecular complexity index is 732. The molecule has 2 saturated carbocycles. The molecule has 3 fully saturated rings. The largest absolute Gasteiger partial charge is 0.365 e. The minimum atomic E-state index is -1.57. The number of rotatable bonds is 5. The van der Waals surface area contributed by atoms with Gasteiger partial charge in [0.05, 0.1) is 12.3 Å². The Kier molecular flexibility index (Phi) is 4.09. The van der Waals surface area contributed by atoms with E-state index in [1.54, 1.807) is 4.90 Å².